The van der Waals surface area contributed by atoms with Gasteiger partial charge >= 0.3 is 0 Å². The molecule has 7 heteroatoms. The Morgan fingerprint density at radius 3 is 2.89 bits per heavy atom. The fourth-order valence-electron chi connectivity index (χ4n) is 1.30. The van der Waals surface area contributed by atoms with Gasteiger partial charge in [-0.1, -0.05) is 11.6 Å². The molecule has 0 radical (unpaired) electrons. The number of nitrogens with one attached hydrogen (secondary N) is 2. The summed E-state index contributed by atoms with van der Waals surface area (Å²) in [6.45, 7) is 0. The van der Waals surface area contributed by atoms with Crippen LogP contribution in [0.2, 0.25) is 5.02 Å². The summed E-state index contributed by atoms with van der Waals surface area (Å²) in [5.74, 6) is 0.483. The van der Waals surface area contributed by atoms with Crippen molar-refractivity contribution in [3.63, 3.8) is 0 Å². The van der Waals surface area contributed by atoms with Gasteiger partial charge in [0.1, 0.15) is 10.8 Å². The first-order valence-corrected chi connectivity index (χ1v) is 6.19. The zero-order valence-electron chi connectivity index (χ0n) is 9.34. The number of aromatic nitrogens is 2. The zero-order valence-corrected chi connectivity index (χ0v) is 11.7. The van der Waals surface area contributed by atoms with E-state index in [1.165, 1.54) is 18.3 Å². The normalized spacial score (nSPS) is 10.2. The molecule has 94 valence electrons. The van der Waals surface area contributed by atoms with Gasteiger partial charge in [0.25, 0.3) is 0 Å². The summed E-state index contributed by atoms with van der Waals surface area (Å²) in [5, 5.41) is 6.10. The van der Waals surface area contributed by atoms with Crippen LogP contribution < -0.4 is 10.6 Å². The number of nitrogens with zero attached hydrogens (tertiary/aromatic N) is 2. The van der Waals surface area contributed by atoms with E-state index in [4.69, 9.17) is 11.6 Å². The minimum absolute atomic E-state index is 0.347. The van der Waals surface area contributed by atoms with Gasteiger partial charge in [-0.2, -0.15) is 4.98 Å². The summed E-state index contributed by atoms with van der Waals surface area (Å²) in [5.41, 5.74) is 0.539. The largest absolute Gasteiger partial charge is 0.357 e. The molecule has 4 nitrogen and oxygen atoms in total. The predicted molar refractivity (Wildman–Crippen MR) is 74.0 cm³/mol. The van der Waals surface area contributed by atoms with Crippen LogP contribution in [0.3, 0.4) is 0 Å². The van der Waals surface area contributed by atoms with Gasteiger partial charge in [-0.05, 0) is 34.1 Å². The smallest absolute Gasteiger partial charge is 0.224 e. The third kappa shape index (κ3) is 2.88. The fourth-order valence-corrected chi connectivity index (χ4v) is 1.78. The van der Waals surface area contributed by atoms with Crippen molar-refractivity contribution in [3.05, 3.63) is 39.7 Å². The van der Waals surface area contributed by atoms with Crippen molar-refractivity contribution in [2.75, 3.05) is 17.7 Å². The van der Waals surface area contributed by atoms with E-state index < -0.39 is 0 Å². The van der Waals surface area contributed by atoms with Crippen LogP contribution in [0.4, 0.5) is 21.8 Å². The van der Waals surface area contributed by atoms with Crippen molar-refractivity contribution in [1.29, 1.82) is 0 Å². The first-order valence-electron chi connectivity index (χ1n) is 5.02. The molecule has 1 heterocycles. The maximum absolute atomic E-state index is 13.2. The summed E-state index contributed by atoms with van der Waals surface area (Å²) in [4.78, 5) is 8.11. The molecule has 1 aromatic heterocycles. The Balaban J connectivity index is 2.36. The Bertz CT molecular complexity index is 579. The molecule has 18 heavy (non-hydrogen) atoms. The lowest BCUT2D eigenvalue weighted by molar-refractivity contribution is 0.628. The van der Waals surface area contributed by atoms with Crippen LogP contribution in [0, 0.1) is 5.82 Å². The molecule has 1 aromatic carbocycles. The molecule has 0 aliphatic carbocycles. The van der Waals surface area contributed by atoms with Gasteiger partial charge < -0.3 is 10.6 Å². The third-order valence-electron chi connectivity index (χ3n) is 2.15. The molecule has 2 rings (SSSR count). The van der Waals surface area contributed by atoms with E-state index >= 15 is 0 Å². The summed E-state index contributed by atoms with van der Waals surface area (Å²) >= 11 is 9.29. The quantitative estimate of drug-likeness (QED) is 0.898. The first-order chi connectivity index (χ1) is 8.60. The number of halogens is 3. The molecule has 2 N–H and O–H groups in total. The number of benzene rings is 1. The van der Waals surface area contributed by atoms with Crippen LogP contribution in [0.25, 0.3) is 0 Å². The van der Waals surface area contributed by atoms with Crippen LogP contribution in [-0.4, -0.2) is 17.0 Å². The van der Waals surface area contributed by atoms with Crippen molar-refractivity contribution in [3.8, 4) is 0 Å². The van der Waals surface area contributed by atoms with E-state index in [0.29, 0.717) is 26.9 Å². The van der Waals surface area contributed by atoms with Crippen molar-refractivity contribution in [2.45, 2.75) is 0 Å². The summed E-state index contributed by atoms with van der Waals surface area (Å²) in [6, 6.07) is 4.31. The molecule has 0 spiro atoms. The number of hydrogen-bond donors (Lipinski definition) is 2. The predicted octanol–water partition coefficient (Wildman–Crippen LogP) is 3.82. The van der Waals surface area contributed by atoms with Gasteiger partial charge in [0, 0.05) is 11.5 Å². The third-order valence-corrected chi connectivity index (χ3v) is 3.12. The fraction of sp³-hybridized carbons (Fsp3) is 0.0909. The Labute approximate surface area is 117 Å². The maximum Gasteiger partial charge on any atom is 0.224 e. The highest BCUT2D eigenvalue weighted by Gasteiger charge is 2.08. The Morgan fingerprint density at radius 1 is 1.39 bits per heavy atom. The molecule has 0 fully saturated rings. The highest BCUT2D eigenvalue weighted by molar-refractivity contribution is 9.10. The second kappa shape index (κ2) is 5.49. The molecule has 0 atom stereocenters. The maximum atomic E-state index is 13.2. The first kappa shape index (κ1) is 13.0. The van der Waals surface area contributed by atoms with Gasteiger partial charge in [0.15, 0.2) is 5.82 Å². The van der Waals surface area contributed by atoms with Gasteiger partial charge in [-0.3, -0.25) is 0 Å². The van der Waals surface area contributed by atoms with Gasteiger partial charge in [-0.25, -0.2) is 9.37 Å². The highest BCUT2D eigenvalue weighted by Crippen LogP contribution is 2.29. The molecular formula is C11H9BrClFN4. The summed E-state index contributed by atoms with van der Waals surface area (Å²) in [6.07, 6.45) is 1.47. The second-order valence-corrected chi connectivity index (χ2v) is 4.65. The highest BCUT2D eigenvalue weighted by atomic mass is 79.9. The van der Waals surface area contributed by atoms with Crippen molar-refractivity contribution in [1.82, 2.24) is 9.97 Å². The lowest BCUT2D eigenvalue weighted by atomic mass is 10.3. The van der Waals surface area contributed by atoms with E-state index in [2.05, 4.69) is 36.5 Å². The lowest BCUT2D eigenvalue weighted by Gasteiger charge is -2.10. The molecule has 0 saturated carbocycles. The minimum atomic E-state index is -0.347. The van der Waals surface area contributed by atoms with Crippen LogP contribution in [0.1, 0.15) is 0 Å². The molecule has 0 aliphatic heterocycles. The number of anilines is 3. The molecule has 2 aromatic rings. The van der Waals surface area contributed by atoms with E-state index in [1.807, 2.05) is 0 Å². The molecule has 0 aliphatic rings. The van der Waals surface area contributed by atoms with E-state index in [1.54, 1.807) is 13.1 Å². The van der Waals surface area contributed by atoms with Crippen LogP contribution in [0.5, 0.6) is 0 Å². The van der Waals surface area contributed by atoms with E-state index in [9.17, 15) is 4.39 Å². The molecular weight excluding hydrogens is 323 g/mol. The SMILES string of the molecule is CNc1ncc(Cl)c(Nc2cc(F)ccc2Br)n1. The van der Waals surface area contributed by atoms with Gasteiger partial charge in [-0.15, -0.1) is 0 Å². The monoisotopic (exact) mass is 330 g/mol. The van der Waals surface area contributed by atoms with Crippen molar-refractivity contribution >= 4 is 45.0 Å². The standard InChI is InChI=1S/C11H9BrClFN4/c1-15-11-16-5-8(13)10(18-11)17-9-4-6(14)2-3-7(9)12/h2-5H,1H3,(H2,15,16,17,18). The van der Waals surface area contributed by atoms with Gasteiger partial charge in [0.05, 0.1) is 11.9 Å². The van der Waals surface area contributed by atoms with Gasteiger partial charge in [0.2, 0.25) is 5.95 Å². The van der Waals surface area contributed by atoms with Crippen LogP contribution in [-0.2, 0) is 0 Å². The number of rotatable bonds is 3. The second-order valence-electron chi connectivity index (χ2n) is 3.39. The average Bonchev–Trinajstić information content (AvgIpc) is 2.36. The van der Waals surface area contributed by atoms with Crippen LogP contribution >= 0.6 is 27.5 Å². The molecule has 0 unspecified atom stereocenters. The molecule has 0 bridgehead atoms. The number of hydrogen-bond acceptors (Lipinski definition) is 4. The average molecular weight is 332 g/mol. The summed E-state index contributed by atoms with van der Waals surface area (Å²) in [7, 11) is 1.70. The Hall–Kier alpha value is -1.40. The molecule has 0 saturated heterocycles. The van der Waals surface area contributed by atoms with E-state index in [-0.39, 0.29) is 5.82 Å². The van der Waals surface area contributed by atoms with Crippen molar-refractivity contribution < 1.29 is 4.39 Å². The Morgan fingerprint density at radius 2 is 2.17 bits per heavy atom. The molecule has 0 amide bonds. The lowest BCUT2D eigenvalue weighted by Crippen LogP contribution is -2.01. The Kier molecular flexibility index (Phi) is 3.98. The minimum Gasteiger partial charge on any atom is -0.357 e. The van der Waals surface area contributed by atoms with E-state index in [0.717, 1.165) is 0 Å². The summed E-state index contributed by atoms with van der Waals surface area (Å²) < 4.78 is 13.9. The zero-order chi connectivity index (χ0) is 13.1. The van der Waals surface area contributed by atoms with Crippen molar-refractivity contribution in [2.24, 2.45) is 0 Å². The van der Waals surface area contributed by atoms with Crippen LogP contribution in [0.15, 0.2) is 28.9 Å². The topological polar surface area (TPSA) is 49.8 Å².